The highest BCUT2D eigenvalue weighted by molar-refractivity contribution is 6.54. The lowest BCUT2D eigenvalue weighted by atomic mass is 9.84. The number of likely N-dealkylation sites (N-methyl/N-ethyl adjacent to an activating group) is 1. The second kappa shape index (κ2) is 6.50. The lowest BCUT2D eigenvalue weighted by molar-refractivity contribution is 0.106. The summed E-state index contributed by atoms with van der Waals surface area (Å²) < 4.78 is 1.86. The fraction of sp³-hybridized carbons (Fsp3) is 0.148. The Morgan fingerprint density at radius 2 is 1.66 bits per heavy atom. The Kier molecular flexibility index (Phi) is 3.81. The van der Waals surface area contributed by atoms with Gasteiger partial charge in [0.25, 0.3) is 0 Å². The van der Waals surface area contributed by atoms with E-state index in [4.69, 9.17) is 9.98 Å². The number of pyridine rings is 1. The summed E-state index contributed by atoms with van der Waals surface area (Å²) in [5.74, 6) is -0.106. The average Bonchev–Trinajstić information content (AvgIpc) is 3.28. The van der Waals surface area contributed by atoms with Crippen molar-refractivity contribution in [1.82, 2.24) is 9.38 Å². The van der Waals surface area contributed by atoms with Gasteiger partial charge >= 0.3 is 0 Å². The summed E-state index contributed by atoms with van der Waals surface area (Å²) in [5, 5.41) is 0. The van der Waals surface area contributed by atoms with Gasteiger partial charge in [-0.2, -0.15) is 0 Å². The molecular weight excluding hydrogens is 396 g/mol. The molecule has 156 valence electrons. The number of imidazole rings is 1. The highest BCUT2D eigenvalue weighted by Crippen LogP contribution is 2.46. The number of benzene rings is 2. The summed E-state index contributed by atoms with van der Waals surface area (Å²) >= 11 is 0. The average molecular weight is 419 g/mol. The fourth-order valence-corrected chi connectivity index (χ4v) is 5.01. The van der Waals surface area contributed by atoms with Gasteiger partial charge in [0.2, 0.25) is 5.78 Å². The molecule has 0 bridgehead atoms. The molecule has 3 heterocycles. The highest BCUT2D eigenvalue weighted by Gasteiger charge is 2.39. The van der Waals surface area contributed by atoms with Gasteiger partial charge in [-0.3, -0.25) is 14.2 Å². The molecule has 2 aliphatic rings. The minimum Gasteiger partial charge on any atom is -0.346 e. The normalized spacial score (nSPS) is 18.8. The summed E-state index contributed by atoms with van der Waals surface area (Å²) in [6.45, 7) is 4.39. The van der Waals surface area contributed by atoms with Gasteiger partial charge < -0.3 is 4.90 Å². The van der Waals surface area contributed by atoms with Gasteiger partial charge in [0.15, 0.2) is 0 Å². The Morgan fingerprint density at radius 3 is 2.47 bits per heavy atom. The maximum Gasteiger partial charge on any atom is 0.230 e. The largest absolute Gasteiger partial charge is 0.346 e. The van der Waals surface area contributed by atoms with E-state index in [1.165, 1.54) is 11.3 Å². The van der Waals surface area contributed by atoms with Crippen molar-refractivity contribution in [3.05, 3.63) is 102 Å². The van der Waals surface area contributed by atoms with Crippen LogP contribution in [0.15, 0.2) is 89.8 Å². The Morgan fingerprint density at radius 1 is 0.938 bits per heavy atom. The number of hydrogen-bond donors (Lipinski definition) is 0. The van der Waals surface area contributed by atoms with Crippen molar-refractivity contribution < 1.29 is 4.79 Å². The molecule has 0 fully saturated rings. The quantitative estimate of drug-likeness (QED) is 0.424. The van der Waals surface area contributed by atoms with Crippen LogP contribution in [0.4, 0.5) is 5.69 Å². The number of ketones is 1. The molecule has 0 saturated heterocycles. The summed E-state index contributed by atoms with van der Waals surface area (Å²) in [5.41, 5.74) is 7.52. The molecule has 0 radical (unpaired) electrons. The van der Waals surface area contributed by atoms with E-state index in [0.29, 0.717) is 17.1 Å². The summed E-state index contributed by atoms with van der Waals surface area (Å²) in [6.07, 6.45) is 3.74. The molecule has 2 aromatic heterocycles. The fourth-order valence-electron chi connectivity index (χ4n) is 5.01. The molecule has 0 saturated carbocycles. The van der Waals surface area contributed by atoms with Crippen molar-refractivity contribution in [3.8, 4) is 11.3 Å². The summed E-state index contributed by atoms with van der Waals surface area (Å²) in [7, 11) is 2.05. The molecule has 32 heavy (non-hydrogen) atoms. The zero-order valence-electron chi connectivity index (χ0n) is 18.2. The Bertz CT molecular complexity index is 1490. The Labute approximate surface area is 186 Å². The molecule has 0 N–H and O–H groups in total. The molecule has 0 spiro atoms. The third-order valence-electron chi connectivity index (χ3n) is 6.65. The van der Waals surface area contributed by atoms with Crippen LogP contribution in [0.5, 0.6) is 0 Å². The predicted octanol–water partition coefficient (Wildman–Crippen LogP) is 5.26. The van der Waals surface area contributed by atoms with Crippen LogP contribution in [0.3, 0.4) is 0 Å². The zero-order valence-corrected chi connectivity index (χ0v) is 18.2. The number of hydrogen-bond acceptors (Lipinski definition) is 4. The van der Waals surface area contributed by atoms with Crippen molar-refractivity contribution >= 4 is 22.8 Å². The third-order valence-corrected chi connectivity index (χ3v) is 6.65. The van der Waals surface area contributed by atoms with E-state index in [0.717, 1.165) is 22.5 Å². The molecule has 4 aromatic rings. The van der Waals surface area contributed by atoms with Crippen LogP contribution in [-0.2, 0) is 5.41 Å². The first-order valence-electron chi connectivity index (χ1n) is 10.7. The van der Waals surface area contributed by atoms with E-state index in [2.05, 4.69) is 44.0 Å². The van der Waals surface area contributed by atoms with Crippen molar-refractivity contribution in [3.63, 3.8) is 0 Å². The van der Waals surface area contributed by atoms with Gasteiger partial charge in [0, 0.05) is 47.4 Å². The van der Waals surface area contributed by atoms with Gasteiger partial charge in [0.05, 0.1) is 0 Å². The van der Waals surface area contributed by atoms with E-state index >= 15 is 0 Å². The number of nitrogens with zero attached hydrogens (tertiary/aromatic N) is 4. The van der Waals surface area contributed by atoms with Crippen molar-refractivity contribution in [2.75, 3.05) is 11.9 Å². The van der Waals surface area contributed by atoms with Gasteiger partial charge in [-0.1, -0.05) is 62.4 Å². The number of aromatic nitrogens is 2. The monoisotopic (exact) mass is 418 g/mol. The molecule has 2 aromatic carbocycles. The SMILES string of the molecule is CN1/C(=C\N=C2C(=O)c3c(nc4ccccn34)-c3ccccc32)C(C)(C)c2ccccc21. The van der Waals surface area contributed by atoms with Gasteiger partial charge in [-0.05, 0) is 23.8 Å². The number of allylic oxidation sites excluding steroid dienone is 1. The van der Waals surface area contributed by atoms with Gasteiger partial charge in [0.1, 0.15) is 22.7 Å². The van der Waals surface area contributed by atoms with Crippen molar-refractivity contribution in [2.24, 2.45) is 4.99 Å². The van der Waals surface area contributed by atoms with E-state index in [-0.39, 0.29) is 11.2 Å². The van der Waals surface area contributed by atoms with Crippen LogP contribution in [0.1, 0.15) is 35.5 Å². The summed E-state index contributed by atoms with van der Waals surface area (Å²) in [6, 6.07) is 22.0. The molecular formula is C27H22N4O. The van der Waals surface area contributed by atoms with Gasteiger partial charge in [-0.25, -0.2) is 4.98 Å². The number of anilines is 1. The lowest BCUT2D eigenvalue weighted by Crippen LogP contribution is -2.25. The molecule has 6 rings (SSSR count). The first-order chi connectivity index (χ1) is 15.5. The number of carbonyl (C=O) groups excluding carboxylic acids is 1. The summed E-state index contributed by atoms with van der Waals surface area (Å²) in [4.78, 5) is 25.4. The van der Waals surface area contributed by atoms with E-state index in [9.17, 15) is 4.79 Å². The molecule has 0 atom stereocenters. The Balaban J connectivity index is 1.55. The number of para-hydroxylation sites is 1. The van der Waals surface area contributed by atoms with Crippen LogP contribution < -0.4 is 4.90 Å². The Hall–Kier alpha value is -3.99. The second-order valence-electron chi connectivity index (χ2n) is 8.81. The lowest BCUT2D eigenvalue weighted by Gasteiger charge is -2.23. The van der Waals surface area contributed by atoms with E-state index in [1.807, 2.05) is 65.3 Å². The van der Waals surface area contributed by atoms with Crippen LogP contribution >= 0.6 is 0 Å². The highest BCUT2D eigenvalue weighted by atomic mass is 16.1. The van der Waals surface area contributed by atoms with Crippen molar-refractivity contribution in [1.29, 1.82) is 0 Å². The minimum absolute atomic E-state index is 0.106. The third kappa shape index (κ3) is 2.42. The number of aliphatic imine (C=N–C) groups is 1. The zero-order chi connectivity index (χ0) is 22.0. The van der Waals surface area contributed by atoms with E-state index in [1.54, 1.807) is 0 Å². The number of carbonyl (C=O) groups is 1. The topological polar surface area (TPSA) is 50.0 Å². The number of Topliss-reactive ketones (excluding diaryl/α,β-unsaturated/α-hetero) is 1. The predicted molar refractivity (Wildman–Crippen MR) is 127 cm³/mol. The molecule has 5 nitrogen and oxygen atoms in total. The standard InChI is InChI=1S/C27H22N4O/c1-27(2)19-12-6-7-13-20(19)30(3)21(27)16-28-24-18-11-5-4-10-17(18)23-25(26(24)32)31-15-9-8-14-22(31)29-23/h4-16H,1-3H3/b21-16-,28-24?. The maximum absolute atomic E-state index is 13.7. The van der Waals surface area contributed by atoms with Crippen LogP contribution in [0, 0.1) is 0 Å². The van der Waals surface area contributed by atoms with Crippen molar-refractivity contribution in [2.45, 2.75) is 19.3 Å². The minimum atomic E-state index is -0.207. The molecule has 0 amide bonds. The number of rotatable bonds is 1. The maximum atomic E-state index is 13.7. The smallest absolute Gasteiger partial charge is 0.230 e. The van der Waals surface area contributed by atoms with Crippen LogP contribution in [0.25, 0.3) is 16.9 Å². The first-order valence-corrected chi connectivity index (χ1v) is 10.7. The van der Waals surface area contributed by atoms with Crippen LogP contribution in [0.2, 0.25) is 0 Å². The molecule has 1 aliphatic carbocycles. The first kappa shape index (κ1) is 18.8. The van der Waals surface area contributed by atoms with E-state index < -0.39 is 0 Å². The molecule has 0 unspecified atom stereocenters. The van der Waals surface area contributed by atoms with Gasteiger partial charge in [-0.15, -0.1) is 0 Å². The van der Waals surface area contributed by atoms with Crippen LogP contribution in [-0.4, -0.2) is 27.9 Å². The molecule has 1 aliphatic heterocycles. The number of fused-ring (bicyclic) bond motifs is 6. The second-order valence-corrected chi connectivity index (χ2v) is 8.81. The molecule has 5 heteroatoms.